The number of piperidine rings is 1. The SMILES string of the molecule is C=C(C)C1=C(N2CCC(c3nc(-c4ccc(F)c(C(F)(F)F)c4)cn3CCN3CCCC3)CC2)CC(CC)=CN=C1N. The summed E-state index contributed by atoms with van der Waals surface area (Å²) in [5.74, 6) is 0.235. The van der Waals surface area contributed by atoms with Crippen molar-refractivity contribution in [3.8, 4) is 11.3 Å². The number of hydrogen-bond acceptors (Lipinski definition) is 5. The lowest BCUT2D eigenvalue weighted by Gasteiger charge is -2.36. The van der Waals surface area contributed by atoms with Crippen LogP contribution in [0.25, 0.3) is 11.3 Å². The maximum atomic E-state index is 14.0. The molecule has 2 aromatic rings. The highest BCUT2D eigenvalue weighted by Crippen LogP contribution is 2.37. The zero-order valence-corrected chi connectivity index (χ0v) is 24.5. The summed E-state index contributed by atoms with van der Waals surface area (Å²) in [5, 5.41) is 0. The number of allylic oxidation sites excluding steroid dienone is 1. The fraction of sp³-hybridized carbons (Fsp3) is 0.500. The number of nitrogens with two attached hydrogens (primary N) is 1. The van der Waals surface area contributed by atoms with E-state index in [0.717, 1.165) is 93.2 Å². The minimum Gasteiger partial charge on any atom is -0.383 e. The molecule has 2 saturated heterocycles. The van der Waals surface area contributed by atoms with Crippen LogP contribution in [0.4, 0.5) is 17.6 Å². The highest BCUT2D eigenvalue weighted by Gasteiger charge is 2.35. The molecule has 1 aromatic heterocycles. The Morgan fingerprint density at radius 1 is 1.10 bits per heavy atom. The van der Waals surface area contributed by atoms with Crippen LogP contribution in [0, 0.1) is 5.82 Å². The van der Waals surface area contributed by atoms with Gasteiger partial charge in [-0.1, -0.05) is 13.5 Å². The molecule has 10 heteroatoms. The van der Waals surface area contributed by atoms with E-state index < -0.39 is 17.6 Å². The Kier molecular flexibility index (Phi) is 8.92. The normalized spacial score (nSPS) is 19.2. The van der Waals surface area contributed by atoms with Gasteiger partial charge in [-0.2, -0.15) is 13.2 Å². The molecule has 6 nitrogen and oxygen atoms in total. The second-order valence-electron chi connectivity index (χ2n) is 11.6. The van der Waals surface area contributed by atoms with Gasteiger partial charge in [0.25, 0.3) is 0 Å². The molecule has 2 N–H and O–H groups in total. The number of alkyl halides is 3. The third-order valence-electron chi connectivity index (χ3n) is 8.68. The molecule has 2 fully saturated rings. The highest BCUT2D eigenvalue weighted by atomic mass is 19.4. The van der Waals surface area contributed by atoms with Crippen LogP contribution in [0.1, 0.15) is 69.7 Å². The smallest absolute Gasteiger partial charge is 0.383 e. The number of imidazole rings is 1. The van der Waals surface area contributed by atoms with Crippen LogP contribution in [0.3, 0.4) is 0 Å². The number of aromatic nitrogens is 2. The molecule has 4 heterocycles. The number of rotatable bonds is 8. The summed E-state index contributed by atoms with van der Waals surface area (Å²) in [6, 6.07) is 3.14. The average molecular weight is 585 g/mol. The molecule has 226 valence electrons. The fourth-order valence-electron chi connectivity index (χ4n) is 6.31. The Hall–Kier alpha value is -3.40. The van der Waals surface area contributed by atoms with Crippen LogP contribution in [0.2, 0.25) is 0 Å². The highest BCUT2D eigenvalue weighted by molar-refractivity contribution is 6.02. The summed E-state index contributed by atoms with van der Waals surface area (Å²) >= 11 is 0. The van der Waals surface area contributed by atoms with E-state index in [1.807, 2.05) is 19.3 Å². The van der Waals surface area contributed by atoms with E-state index >= 15 is 0 Å². The molecule has 0 atom stereocenters. The lowest BCUT2D eigenvalue weighted by molar-refractivity contribution is -0.139. The van der Waals surface area contributed by atoms with Crippen molar-refractivity contribution in [1.29, 1.82) is 0 Å². The second-order valence-corrected chi connectivity index (χ2v) is 11.6. The van der Waals surface area contributed by atoms with Crippen LogP contribution >= 0.6 is 0 Å². The molecule has 0 amide bonds. The minimum atomic E-state index is -4.77. The van der Waals surface area contributed by atoms with Crippen LogP contribution in [-0.4, -0.2) is 57.9 Å². The molecule has 3 aliphatic heterocycles. The zero-order valence-electron chi connectivity index (χ0n) is 24.5. The van der Waals surface area contributed by atoms with Crippen LogP contribution in [0.15, 0.2) is 64.6 Å². The first kappa shape index (κ1) is 30.1. The van der Waals surface area contributed by atoms with Crippen molar-refractivity contribution in [2.24, 2.45) is 10.7 Å². The van der Waals surface area contributed by atoms with Gasteiger partial charge in [-0.05, 0) is 81.5 Å². The maximum absolute atomic E-state index is 14.0. The monoisotopic (exact) mass is 584 g/mol. The van der Waals surface area contributed by atoms with Crippen molar-refractivity contribution in [2.75, 3.05) is 32.7 Å². The number of amidine groups is 1. The van der Waals surface area contributed by atoms with E-state index in [4.69, 9.17) is 10.7 Å². The quantitative estimate of drug-likeness (QED) is 0.344. The summed E-state index contributed by atoms with van der Waals surface area (Å²) in [6.07, 6.45) is 4.64. The first-order valence-corrected chi connectivity index (χ1v) is 14.9. The molecular formula is C32H40F4N6. The van der Waals surface area contributed by atoms with Crippen molar-refractivity contribution in [3.05, 3.63) is 76.8 Å². The van der Waals surface area contributed by atoms with Gasteiger partial charge in [-0.15, -0.1) is 0 Å². The van der Waals surface area contributed by atoms with Gasteiger partial charge >= 0.3 is 6.18 Å². The van der Waals surface area contributed by atoms with Gasteiger partial charge in [0.15, 0.2) is 0 Å². The molecule has 0 radical (unpaired) electrons. The fourth-order valence-corrected chi connectivity index (χ4v) is 6.31. The number of aliphatic imine (C=N–C) groups is 1. The average Bonchev–Trinajstić information content (AvgIpc) is 3.59. The Balaban J connectivity index is 1.41. The molecule has 0 spiro atoms. The van der Waals surface area contributed by atoms with Gasteiger partial charge in [0, 0.05) is 67.7 Å². The summed E-state index contributed by atoms with van der Waals surface area (Å²) in [5.41, 5.74) is 9.98. The number of benzene rings is 1. The van der Waals surface area contributed by atoms with E-state index in [1.165, 1.54) is 24.5 Å². The molecule has 3 aliphatic rings. The molecule has 0 bridgehead atoms. The van der Waals surface area contributed by atoms with Gasteiger partial charge in [0.2, 0.25) is 0 Å². The van der Waals surface area contributed by atoms with E-state index in [9.17, 15) is 17.6 Å². The number of hydrogen-bond donors (Lipinski definition) is 1. The predicted molar refractivity (Wildman–Crippen MR) is 158 cm³/mol. The van der Waals surface area contributed by atoms with Crippen molar-refractivity contribution in [1.82, 2.24) is 19.4 Å². The van der Waals surface area contributed by atoms with Crippen molar-refractivity contribution in [2.45, 2.75) is 71.0 Å². The van der Waals surface area contributed by atoms with Gasteiger partial charge in [0.1, 0.15) is 17.5 Å². The molecule has 5 rings (SSSR count). The Labute approximate surface area is 245 Å². The summed E-state index contributed by atoms with van der Waals surface area (Å²) in [6.45, 7) is 13.5. The minimum absolute atomic E-state index is 0.142. The summed E-state index contributed by atoms with van der Waals surface area (Å²) < 4.78 is 56.6. The van der Waals surface area contributed by atoms with E-state index in [2.05, 4.69) is 32.9 Å². The topological polar surface area (TPSA) is 62.7 Å². The summed E-state index contributed by atoms with van der Waals surface area (Å²) in [4.78, 5) is 14.2. The maximum Gasteiger partial charge on any atom is 0.419 e. The van der Waals surface area contributed by atoms with Crippen LogP contribution in [-0.2, 0) is 12.7 Å². The first-order chi connectivity index (χ1) is 20.0. The van der Waals surface area contributed by atoms with Crippen molar-refractivity contribution >= 4 is 5.84 Å². The van der Waals surface area contributed by atoms with Crippen LogP contribution in [0.5, 0.6) is 0 Å². The standard InChI is InChI=1S/C32H40F4N6/c1-4-22-17-28(29(21(2)3)30(37)38-19-22)41-13-9-23(10-14-41)31-39-27(20-42(31)16-15-40-11-5-6-12-40)24-7-8-26(33)25(18-24)32(34,35)36/h7-8,18-20,23H,2,4-6,9-17H2,1,3H3,(H2,37,38). The Morgan fingerprint density at radius 3 is 2.45 bits per heavy atom. The molecule has 42 heavy (non-hydrogen) atoms. The number of halogens is 4. The van der Waals surface area contributed by atoms with E-state index in [0.29, 0.717) is 18.1 Å². The van der Waals surface area contributed by atoms with Crippen LogP contribution < -0.4 is 5.73 Å². The second kappa shape index (κ2) is 12.5. The Morgan fingerprint density at radius 2 is 1.81 bits per heavy atom. The van der Waals surface area contributed by atoms with Gasteiger partial charge in [-0.3, -0.25) is 0 Å². The van der Waals surface area contributed by atoms with Crippen molar-refractivity contribution < 1.29 is 17.6 Å². The van der Waals surface area contributed by atoms with Gasteiger partial charge < -0.3 is 20.1 Å². The zero-order chi connectivity index (χ0) is 30.0. The lowest BCUT2D eigenvalue weighted by Crippen LogP contribution is -2.35. The molecule has 1 aromatic carbocycles. The molecular weight excluding hydrogens is 544 g/mol. The molecule has 0 saturated carbocycles. The number of likely N-dealkylation sites (tertiary alicyclic amines) is 2. The number of nitrogens with zero attached hydrogens (tertiary/aromatic N) is 5. The summed E-state index contributed by atoms with van der Waals surface area (Å²) in [7, 11) is 0. The van der Waals surface area contributed by atoms with Gasteiger partial charge in [0.05, 0.1) is 11.3 Å². The van der Waals surface area contributed by atoms with Crippen molar-refractivity contribution in [3.63, 3.8) is 0 Å². The van der Waals surface area contributed by atoms with E-state index in [-0.39, 0.29) is 11.5 Å². The largest absolute Gasteiger partial charge is 0.419 e. The van der Waals surface area contributed by atoms with Gasteiger partial charge in [-0.25, -0.2) is 14.4 Å². The van der Waals surface area contributed by atoms with E-state index in [1.54, 1.807) is 0 Å². The third-order valence-corrected chi connectivity index (χ3v) is 8.68. The first-order valence-electron chi connectivity index (χ1n) is 14.9. The predicted octanol–water partition coefficient (Wildman–Crippen LogP) is 6.87. The Bertz CT molecular complexity index is 1400. The lowest BCUT2D eigenvalue weighted by atomic mass is 9.92. The molecule has 0 aliphatic carbocycles. The third kappa shape index (κ3) is 6.48. The molecule has 0 unspecified atom stereocenters.